The maximum absolute atomic E-state index is 12.6. The molecule has 0 aromatic carbocycles. The number of hydrogen-bond acceptors (Lipinski definition) is 5. The Bertz CT molecular complexity index is 737. The van der Waals surface area contributed by atoms with Gasteiger partial charge in [-0.2, -0.15) is 5.10 Å². The minimum Gasteiger partial charge on any atom is -0.382 e. The average Bonchev–Trinajstić information content (AvgIpc) is 3.18. The molecule has 1 aromatic rings. The molecule has 0 saturated heterocycles. The summed E-state index contributed by atoms with van der Waals surface area (Å²) in [5.74, 6) is 0.0930. The van der Waals surface area contributed by atoms with Gasteiger partial charge in [0.15, 0.2) is 0 Å². The van der Waals surface area contributed by atoms with Crippen LogP contribution in [0.5, 0.6) is 0 Å². The summed E-state index contributed by atoms with van der Waals surface area (Å²) in [5.41, 5.74) is 2.86. The van der Waals surface area contributed by atoms with Gasteiger partial charge in [0.2, 0.25) is 12.0 Å². The van der Waals surface area contributed by atoms with E-state index in [1.807, 2.05) is 22.6 Å². The lowest BCUT2D eigenvalue weighted by molar-refractivity contribution is -0.143. The van der Waals surface area contributed by atoms with E-state index < -0.39 is 6.10 Å². The number of carbonyl (C=O) groups is 2. The van der Waals surface area contributed by atoms with Crippen LogP contribution in [0.2, 0.25) is 0 Å². The quantitative estimate of drug-likeness (QED) is 0.820. The summed E-state index contributed by atoms with van der Waals surface area (Å²) in [6.07, 6.45) is 4.22. The number of rotatable bonds is 6. The van der Waals surface area contributed by atoms with E-state index in [1.54, 1.807) is 0 Å². The first-order valence-electron chi connectivity index (χ1n) is 9.47. The lowest BCUT2D eigenvalue weighted by Gasteiger charge is -2.29. The fraction of sp³-hybridized carbons (Fsp3) is 0.667. The van der Waals surface area contributed by atoms with E-state index in [0.29, 0.717) is 44.9 Å². The van der Waals surface area contributed by atoms with Crippen LogP contribution >= 0.6 is 0 Å². The highest BCUT2D eigenvalue weighted by Gasteiger charge is 2.33. The molecule has 2 amide bonds. The fourth-order valence-electron chi connectivity index (χ4n) is 3.38. The molecule has 4 rings (SSSR count). The maximum atomic E-state index is 12.6. The molecular formula is C18H25N5O3. The van der Waals surface area contributed by atoms with Gasteiger partial charge in [0.05, 0.1) is 30.2 Å². The van der Waals surface area contributed by atoms with Crippen LogP contribution in [0.3, 0.4) is 0 Å². The van der Waals surface area contributed by atoms with Crippen LogP contribution in [-0.4, -0.2) is 50.9 Å². The van der Waals surface area contributed by atoms with Crippen molar-refractivity contribution < 1.29 is 14.4 Å². The predicted octanol–water partition coefficient (Wildman–Crippen LogP) is 0.991. The van der Waals surface area contributed by atoms with Gasteiger partial charge in [-0.15, -0.1) is 0 Å². The molecular weight excluding hydrogens is 334 g/mol. The molecule has 140 valence electrons. The molecule has 1 saturated carbocycles. The fourth-order valence-corrected chi connectivity index (χ4v) is 3.38. The van der Waals surface area contributed by atoms with E-state index in [-0.39, 0.29) is 11.8 Å². The zero-order chi connectivity index (χ0) is 18.1. The Balaban J connectivity index is 1.31. The second-order valence-electron chi connectivity index (χ2n) is 7.26. The normalized spacial score (nSPS) is 21.8. The van der Waals surface area contributed by atoms with Crippen LogP contribution < -0.4 is 5.32 Å². The molecule has 0 spiro atoms. The smallest absolute Gasteiger partial charge is 0.267 e. The molecule has 1 N–H and O–H groups in total. The molecule has 1 aromatic heterocycles. The Hall–Kier alpha value is -2.38. The minimum atomic E-state index is -0.481. The minimum absolute atomic E-state index is 0.00462. The predicted molar refractivity (Wildman–Crippen MR) is 94.3 cm³/mol. The van der Waals surface area contributed by atoms with E-state index in [2.05, 4.69) is 15.6 Å². The van der Waals surface area contributed by atoms with Gasteiger partial charge >= 0.3 is 0 Å². The molecule has 2 aliphatic heterocycles. The topological polar surface area (TPSA) is 88.8 Å². The molecule has 1 unspecified atom stereocenters. The molecule has 26 heavy (non-hydrogen) atoms. The van der Waals surface area contributed by atoms with Crippen molar-refractivity contribution in [3.05, 3.63) is 17.5 Å². The summed E-state index contributed by atoms with van der Waals surface area (Å²) in [4.78, 5) is 31.6. The number of carbonyl (C=O) groups excluding carboxylic acids is 2. The van der Waals surface area contributed by atoms with Crippen molar-refractivity contribution in [2.45, 2.75) is 70.7 Å². The van der Waals surface area contributed by atoms with Gasteiger partial charge in [0.25, 0.3) is 5.91 Å². The first-order chi connectivity index (χ1) is 12.6. The third kappa shape index (κ3) is 3.73. The molecule has 1 aliphatic carbocycles. The summed E-state index contributed by atoms with van der Waals surface area (Å²) in [6.45, 7) is 3.84. The van der Waals surface area contributed by atoms with Crippen molar-refractivity contribution >= 4 is 17.5 Å². The highest BCUT2D eigenvalue weighted by Crippen LogP contribution is 2.21. The zero-order valence-electron chi connectivity index (χ0n) is 15.1. The van der Waals surface area contributed by atoms with Crippen LogP contribution in [0.15, 0.2) is 11.2 Å². The van der Waals surface area contributed by atoms with Gasteiger partial charge in [0, 0.05) is 31.8 Å². The monoisotopic (exact) mass is 359 g/mol. The van der Waals surface area contributed by atoms with Gasteiger partial charge in [-0.05, 0) is 25.3 Å². The van der Waals surface area contributed by atoms with Crippen molar-refractivity contribution in [2.75, 3.05) is 6.54 Å². The number of amides is 2. The molecule has 0 bridgehead atoms. The summed E-state index contributed by atoms with van der Waals surface area (Å²) < 4.78 is 1.95. The second-order valence-corrected chi connectivity index (χ2v) is 7.26. The summed E-state index contributed by atoms with van der Waals surface area (Å²) in [7, 11) is 0. The first-order valence-corrected chi connectivity index (χ1v) is 9.47. The Kier molecular flexibility index (Phi) is 4.65. The zero-order valence-corrected chi connectivity index (χ0v) is 15.1. The lowest BCUT2D eigenvalue weighted by atomic mass is 10.1. The molecule has 0 radical (unpaired) electrons. The van der Waals surface area contributed by atoms with Gasteiger partial charge in [-0.1, -0.05) is 12.1 Å². The van der Waals surface area contributed by atoms with E-state index in [1.165, 1.54) is 0 Å². The average molecular weight is 359 g/mol. The third-order valence-corrected chi connectivity index (χ3v) is 5.12. The largest absolute Gasteiger partial charge is 0.382 e. The number of nitrogens with one attached hydrogen (secondary N) is 1. The van der Waals surface area contributed by atoms with Crippen LogP contribution in [-0.2, 0) is 33.9 Å². The van der Waals surface area contributed by atoms with Crippen LogP contribution in [0.4, 0.5) is 0 Å². The standard InChI is InChI=1S/C18H25N5O3/c1-2-12-10-16(26-21-12)18(25)22-7-8-23-15(11-22)9-14(20-23)5-6-17(24)19-13-3-4-13/h9,13,16H,2-8,10-11H2,1H3,(H,19,24). The first kappa shape index (κ1) is 17.1. The lowest BCUT2D eigenvalue weighted by Crippen LogP contribution is -2.43. The Morgan fingerprint density at radius 1 is 1.35 bits per heavy atom. The molecule has 1 atom stereocenters. The van der Waals surface area contributed by atoms with Crippen molar-refractivity contribution in [1.29, 1.82) is 0 Å². The molecule has 8 nitrogen and oxygen atoms in total. The number of nitrogens with zero attached hydrogens (tertiary/aromatic N) is 4. The van der Waals surface area contributed by atoms with Crippen molar-refractivity contribution in [1.82, 2.24) is 20.0 Å². The van der Waals surface area contributed by atoms with Crippen LogP contribution in [0.1, 0.15) is 50.4 Å². The van der Waals surface area contributed by atoms with E-state index in [4.69, 9.17) is 4.84 Å². The maximum Gasteiger partial charge on any atom is 0.267 e. The second kappa shape index (κ2) is 7.09. The van der Waals surface area contributed by atoms with E-state index in [9.17, 15) is 9.59 Å². The van der Waals surface area contributed by atoms with E-state index >= 15 is 0 Å². The molecule has 3 heterocycles. The van der Waals surface area contributed by atoms with Gasteiger partial charge < -0.3 is 15.1 Å². The number of aryl methyl sites for hydroxylation is 1. The van der Waals surface area contributed by atoms with Crippen LogP contribution in [0.25, 0.3) is 0 Å². The van der Waals surface area contributed by atoms with Crippen molar-refractivity contribution in [2.24, 2.45) is 5.16 Å². The van der Waals surface area contributed by atoms with E-state index in [0.717, 1.165) is 36.4 Å². The number of fused-ring (bicyclic) bond motifs is 1. The summed E-state index contributed by atoms with van der Waals surface area (Å²) in [5, 5.41) is 11.6. The van der Waals surface area contributed by atoms with Crippen LogP contribution in [0, 0.1) is 0 Å². The molecule has 1 fully saturated rings. The highest BCUT2D eigenvalue weighted by atomic mass is 16.6. The molecule has 3 aliphatic rings. The molecule has 8 heteroatoms. The van der Waals surface area contributed by atoms with Gasteiger partial charge in [-0.25, -0.2) is 0 Å². The number of aromatic nitrogens is 2. The Labute approximate surface area is 152 Å². The summed E-state index contributed by atoms with van der Waals surface area (Å²) >= 11 is 0. The Morgan fingerprint density at radius 2 is 2.19 bits per heavy atom. The SMILES string of the molecule is CCC1=NOC(C(=O)N2CCn3nc(CCC(=O)NC4CC4)cc3C2)C1. The van der Waals surface area contributed by atoms with Gasteiger partial charge in [-0.3, -0.25) is 14.3 Å². The third-order valence-electron chi connectivity index (χ3n) is 5.12. The number of oxime groups is 1. The number of hydrogen-bond donors (Lipinski definition) is 1. The van der Waals surface area contributed by atoms with Gasteiger partial charge in [0.1, 0.15) is 0 Å². The summed E-state index contributed by atoms with van der Waals surface area (Å²) in [6, 6.07) is 2.40. The van der Waals surface area contributed by atoms with Crippen molar-refractivity contribution in [3.8, 4) is 0 Å². The highest BCUT2D eigenvalue weighted by molar-refractivity contribution is 5.92. The Morgan fingerprint density at radius 3 is 2.92 bits per heavy atom. The van der Waals surface area contributed by atoms with Crippen molar-refractivity contribution in [3.63, 3.8) is 0 Å².